The molecule has 0 fully saturated rings. The zero-order valence-electron chi connectivity index (χ0n) is 13.6. The molecule has 0 N–H and O–H groups in total. The highest BCUT2D eigenvalue weighted by molar-refractivity contribution is 7.18. The number of rotatable bonds is 2. The zero-order chi connectivity index (χ0) is 16.7. The summed E-state index contributed by atoms with van der Waals surface area (Å²) in [5.41, 5.74) is 2.07. The normalized spacial score (nSPS) is 12.4. The lowest BCUT2D eigenvalue weighted by atomic mass is 10.3. The number of benzene rings is 2. The van der Waals surface area contributed by atoms with Crippen molar-refractivity contribution in [3.05, 3.63) is 64.3 Å². The van der Waals surface area contributed by atoms with E-state index in [1.165, 1.54) is 16.3 Å². The molecular formula is C18H15ClFN3S2. The second-order valence-electron chi connectivity index (χ2n) is 5.47. The molecule has 2 aromatic heterocycles. The van der Waals surface area contributed by atoms with E-state index in [-0.39, 0.29) is 18.2 Å². The molecule has 0 amide bonds. The molecule has 0 aliphatic rings. The highest BCUT2D eigenvalue weighted by Crippen LogP contribution is 2.21. The van der Waals surface area contributed by atoms with Gasteiger partial charge in [-0.3, -0.25) is 0 Å². The van der Waals surface area contributed by atoms with Crippen LogP contribution in [0.2, 0.25) is 0 Å². The topological polar surface area (TPSA) is 21.2 Å². The summed E-state index contributed by atoms with van der Waals surface area (Å²) in [6.45, 7) is 0. The Morgan fingerprint density at radius 3 is 2.72 bits per heavy atom. The Labute approximate surface area is 158 Å². The van der Waals surface area contributed by atoms with Crippen LogP contribution >= 0.6 is 22.7 Å². The van der Waals surface area contributed by atoms with Crippen LogP contribution in [0.5, 0.6) is 0 Å². The number of para-hydroxylation sites is 1. The van der Waals surface area contributed by atoms with Crippen LogP contribution in [0.4, 0.5) is 4.39 Å². The SMILES string of the molecule is Cn1c(=N/C=C/c2sc3ccc(F)cc3[n+]2C)sc2ccccc21.[Cl-]. The maximum atomic E-state index is 13.4. The summed E-state index contributed by atoms with van der Waals surface area (Å²) in [5, 5.41) is 1.03. The van der Waals surface area contributed by atoms with Crippen molar-refractivity contribution in [2.24, 2.45) is 19.1 Å². The first-order chi connectivity index (χ1) is 11.6. The van der Waals surface area contributed by atoms with E-state index in [0.717, 1.165) is 20.0 Å². The molecule has 25 heavy (non-hydrogen) atoms. The maximum Gasteiger partial charge on any atom is 0.264 e. The van der Waals surface area contributed by atoms with Gasteiger partial charge in [0.15, 0.2) is 4.80 Å². The molecule has 4 aromatic rings. The molecule has 3 nitrogen and oxygen atoms in total. The van der Waals surface area contributed by atoms with Crippen molar-refractivity contribution in [1.82, 2.24) is 4.57 Å². The molecule has 7 heteroatoms. The average molecular weight is 392 g/mol. The first-order valence-electron chi connectivity index (χ1n) is 7.46. The molecule has 0 atom stereocenters. The Morgan fingerprint density at radius 2 is 1.92 bits per heavy atom. The van der Waals surface area contributed by atoms with Gasteiger partial charge in [-0.05, 0) is 24.3 Å². The zero-order valence-corrected chi connectivity index (χ0v) is 16.0. The number of nitrogens with zero attached hydrogens (tertiary/aromatic N) is 3. The molecule has 128 valence electrons. The second kappa shape index (κ2) is 7.07. The Kier molecular flexibility index (Phi) is 5.03. The summed E-state index contributed by atoms with van der Waals surface area (Å²) >= 11 is 3.29. The van der Waals surface area contributed by atoms with Gasteiger partial charge in [-0.15, -0.1) is 0 Å². The lowest BCUT2D eigenvalue weighted by Crippen LogP contribution is -3.00. The van der Waals surface area contributed by atoms with Crippen molar-refractivity contribution >= 4 is 49.2 Å². The van der Waals surface area contributed by atoms with Gasteiger partial charge in [-0.2, -0.15) is 4.57 Å². The monoisotopic (exact) mass is 391 g/mol. The molecular weight excluding hydrogens is 377 g/mol. The molecule has 0 bridgehead atoms. The van der Waals surface area contributed by atoms with E-state index in [2.05, 4.69) is 21.7 Å². The fraction of sp³-hybridized carbons (Fsp3) is 0.111. The predicted molar refractivity (Wildman–Crippen MR) is 98.4 cm³/mol. The van der Waals surface area contributed by atoms with Gasteiger partial charge < -0.3 is 17.0 Å². The average Bonchev–Trinajstić information content (AvgIpc) is 3.07. The van der Waals surface area contributed by atoms with Gasteiger partial charge in [0.25, 0.3) is 5.01 Å². The summed E-state index contributed by atoms with van der Waals surface area (Å²) in [4.78, 5) is 5.53. The van der Waals surface area contributed by atoms with Crippen LogP contribution < -0.4 is 21.8 Å². The van der Waals surface area contributed by atoms with E-state index < -0.39 is 0 Å². The van der Waals surface area contributed by atoms with Gasteiger partial charge in [-0.1, -0.05) is 34.8 Å². The quantitative estimate of drug-likeness (QED) is 0.455. The summed E-state index contributed by atoms with van der Waals surface area (Å²) in [7, 11) is 3.96. The lowest BCUT2D eigenvalue weighted by molar-refractivity contribution is -0.642. The highest BCUT2D eigenvalue weighted by atomic mass is 35.5. The Hall–Kier alpha value is -2.02. The predicted octanol–water partition coefficient (Wildman–Crippen LogP) is 0.994. The fourth-order valence-corrected chi connectivity index (χ4v) is 4.68. The van der Waals surface area contributed by atoms with Gasteiger partial charge in [0, 0.05) is 25.4 Å². The van der Waals surface area contributed by atoms with Gasteiger partial charge in [-0.25, -0.2) is 9.38 Å². The van der Waals surface area contributed by atoms with Crippen LogP contribution in [0.15, 0.2) is 53.7 Å². The van der Waals surface area contributed by atoms with E-state index in [4.69, 9.17) is 0 Å². The molecule has 0 saturated carbocycles. The Balaban J connectivity index is 0.00000182. The summed E-state index contributed by atoms with van der Waals surface area (Å²) < 4.78 is 19.8. The first kappa shape index (κ1) is 17.8. The number of hydrogen-bond acceptors (Lipinski definition) is 3. The van der Waals surface area contributed by atoms with Crippen LogP contribution in [-0.2, 0) is 14.1 Å². The fourth-order valence-electron chi connectivity index (χ4n) is 2.65. The molecule has 0 saturated heterocycles. The van der Waals surface area contributed by atoms with Crippen LogP contribution in [-0.4, -0.2) is 4.57 Å². The van der Waals surface area contributed by atoms with Gasteiger partial charge >= 0.3 is 0 Å². The van der Waals surface area contributed by atoms with Crippen molar-refractivity contribution in [2.45, 2.75) is 0 Å². The minimum Gasteiger partial charge on any atom is -1.00 e. The molecule has 0 spiro atoms. The number of hydrogen-bond donors (Lipinski definition) is 0. The third-order valence-electron chi connectivity index (χ3n) is 3.94. The summed E-state index contributed by atoms with van der Waals surface area (Å²) in [5.74, 6) is -0.214. The standard InChI is InChI=1S/C18H15FN3S2.ClH/c1-21-14-11-12(19)7-8-16(14)23-17(21)9-10-20-18-22(2)13-5-3-4-6-15(13)24-18;/h3-11H,1-2H3;1H/q+1;/p-1. The number of halogens is 2. The number of aryl methyl sites for hydroxylation is 2. The van der Waals surface area contributed by atoms with E-state index in [9.17, 15) is 4.39 Å². The minimum atomic E-state index is -0.214. The molecule has 0 radical (unpaired) electrons. The Morgan fingerprint density at radius 1 is 1.12 bits per heavy atom. The van der Waals surface area contributed by atoms with Crippen LogP contribution in [0.1, 0.15) is 5.01 Å². The van der Waals surface area contributed by atoms with Crippen LogP contribution in [0.3, 0.4) is 0 Å². The van der Waals surface area contributed by atoms with Gasteiger partial charge in [0.2, 0.25) is 5.52 Å². The number of thiazole rings is 2. The van der Waals surface area contributed by atoms with Crippen molar-refractivity contribution in [1.29, 1.82) is 0 Å². The van der Waals surface area contributed by atoms with E-state index in [1.807, 2.05) is 49.1 Å². The van der Waals surface area contributed by atoms with E-state index in [1.54, 1.807) is 28.7 Å². The summed E-state index contributed by atoms with van der Waals surface area (Å²) in [6, 6.07) is 13.1. The maximum absolute atomic E-state index is 13.4. The molecule has 2 heterocycles. The highest BCUT2D eigenvalue weighted by Gasteiger charge is 2.14. The van der Waals surface area contributed by atoms with Crippen LogP contribution in [0.25, 0.3) is 26.5 Å². The van der Waals surface area contributed by atoms with Gasteiger partial charge in [0.05, 0.1) is 10.2 Å². The molecule has 0 unspecified atom stereocenters. The second-order valence-corrected chi connectivity index (χ2v) is 7.54. The number of aromatic nitrogens is 2. The summed E-state index contributed by atoms with van der Waals surface area (Å²) in [6.07, 6.45) is 3.78. The Bertz CT molecular complexity index is 1150. The van der Waals surface area contributed by atoms with Crippen molar-refractivity contribution in [3.8, 4) is 0 Å². The smallest absolute Gasteiger partial charge is 0.264 e. The van der Waals surface area contributed by atoms with Crippen LogP contribution in [0, 0.1) is 5.82 Å². The van der Waals surface area contributed by atoms with Crippen molar-refractivity contribution in [2.75, 3.05) is 0 Å². The lowest BCUT2D eigenvalue weighted by Gasteiger charge is -1.92. The third-order valence-corrected chi connectivity index (χ3v) is 6.26. The third kappa shape index (κ3) is 3.25. The molecule has 0 aliphatic carbocycles. The first-order valence-corrected chi connectivity index (χ1v) is 9.10. The number of fused-ring (bicyclic) bond motifs is 2. The molecule has 4 rings (SSSR count). The van der Waals surface area contributed by atoms with Crippen molar-refractivity contribution in [3.63, 3.8) is 0 Å². The molecule has 2 aromatic carbocycles. The van der Waals surface area contributed by atoms with Crippen molar-refractivity contribution < 1.29 is 21.4 Å². The van der Waals surface area contributed by atoms with E-state index >= 15 is 0 Å². The van der Waals surface area contributed by atoms with E-state index in [0.29, 0.717) is 0 Å². The van der Waals surface area contributed by atoms with Gasteiger partial charge in [0.1, 0.15) is 17.6 Å². The minimum absolute atomic E-state index is 0. The molecule has 0 aliphatic heterocycles. The largest absolute Gasteiger partial charge is 1.00 e.